The monoisotopic (exact) mass is 158 g/mol. The van der Waals surface area contributed by atoms with Crippen LogP contribution in [0.2, 0.25) is 0 Å². The van der Waals surface area contributed by atoms with Crippen molar-refractivity contribution in [2.45, 2.75) is 52.6 Å². The normalized spacial score (nSPS) is 37.1. The Morgan fingerprint density at radius 2 is 2.00 bits per heavy atom. The van der Waals surface area contributed by atoms with Gasteiger partial charge in [-0.25, -0.2) is 4.39 Å². The first-order chi connectivity index (χ1) is 5.06. The van der Waals surface area contributed by atoms with Gasteiger partial charge in [-0.2, -0.15) is 0 Å². The molecule has 0 amide bonds. The van der Waals surface area contributed by atoms with E-state index in [1.807, 2.05) is 0 Å². The van der Waals surface area contributed by atoms with Crippen molar-refractivity contribution in [3.63, 3.8) is 0 Å². The molecule has 11 heavy (non-hydrogen) atoms. The van der Waals surface area contributed by atoms with Crippen LogP contribution < -0.4 is 0 Å². The summed E-state index contributed by atoms with van der Waals surface area (Å²) in [5.41, 5.74) is -0.0566. The average Bonchev–Trinajstić information content (AvgIpc) is 1.95. The molecule has 1 saturated carbocycles. The summed E-state index contributed by atoms with van der Waals surface area (Å²) in [5, 5.41) is 0. The van der Waals surface area contributed by atoms with Gasteiger partial charge in [0.2, 0.25) is 0 Å². The SMILES string of the molecule is CCC1CCC(F)C(C)(C)C1. The van der Waals surface area contributed by atoms with Gasteiger partial charge in [0, 0.05) is 0 Å². The summed E-state index contributed by atoms with van der Waals surface area (Å²) in [6.07, 6.45) is 3.61. The first-order valence-corrected chi connectivity index (χ1v) is 4.70. The molecule has 2 atom stereocenters. The smallest absolute Gasteiger partial charge is 0.105 e. The molecule has 0 nitrogen and oxygen atoms in total. The van der Waals surface area contributed by atoms with E-state index < -0.39 is 6.17 Å². The Balaban J connectivity index is 2.52. The second-order valence-corrected chi connectivity index (χ2v) is 4.51. The van der Waals surface area contributed by atoms with Crippen molar-refractivity contribution in [3.05, 3.63) is 0 Å². The Kier molecular flexibility index (Phi) is 2.56. The maximum atomic E-state index is 13.3. The van der Waals surface area contributed by atoms with Crippen LogP contribution in [-0.2, 0) is 0 Å². The Morgan fingerprint density at radius 3 is 2.45 bits per heavy atom. The van der Waals surface area contributed by atoms with Gasteiger partial charge in [0.25, 0.3) is 0 Å². The standard InChI is InChI=1S/C10H19F/c1-4-8-5-6-9(11)10(2,3)7-8/h8-9H,4-7H2,1-3H3. The summed E-state index contributed by atoms with van der Waals surface area (Å²) in [5.74, 6) is 0.775. The third-order valence-electron chi connectivity index (χ3n) is 3.07. The van der Waals surface area contributed by atoms with Crippen LogP contribution in [0.3, 0.4) is 0 Å². The summed E-state index contributed by atoms with van der Waals surface area (Å²) >= 11 is 0. The highest BCUT2D eigenvalue weighted by atomic mass is 19.1. The number of hydrogen-bond donors (Lipinski definition) is 0. The predicted octanol–water partition coefficient (Wildman–Crippen LogP) is 3.56. The Labute approximate surface area is 69.2 Å². The molecule has 0 N–H and O–H groups in total. The fourth-order valence-electron chi connectivity index (χ4n) is 2.10. The highest BCUT2D eigenvalue weighted by Crippen LogP contribution is 2.41. The molecule has 0 bridgehead atoms. The first kappa shape index (κ1) is 9.02. The molecular formula is C10H19F. The second kappa shape index (κ2) is 3.12. The zero-order chi connectivity index (χ0) is 8.48. The molecule has 66 valence electrons. The van der Waals surface area contributed by atoms with E-state index in [4.69, 9.17) is 0 Å². The van der Waals surface area contributed by atoms with Crippen LogP contribution in [-0.4, -0.2) is 6.17 Å². The summed E-state index contributed by atoms with van der Waals surface area (Å²) in [6.45, 7) is 6.32. The molecule has 0 saturated heterocycles. The van der Waals surface area contributed by atoms with Gasteiger partial charge >= 0.3 is 0 Å². The van der Waals surface area contributed by atoms with Crippen molar-refractivity contribution in [1.29, 1.82) is 0 Å². The lowest BCUT2D eigenvalue weighted by Gasteiger charge is -2.37. The van der Waals surface area contributed by atoms with Crippen molar-refractivity contribution in [3.8, 4) is 0 Å². The number of rotatable bonds is 1. The first-order valence-electron chi connectivity index (χ1n) is 4.70. The van der Waals surface area contributed by atoms with E-state index in [1.54, 1.807) is 0 Å². The zero-order valence-corrected chi connectivity index (χ0v) is 7.86. The van der Waals surface area contributed by atoms with Gasteiger partial charge in [-0.15, -0.1) is 0 Å². The Hall–Kier alpha value is -0.0700. The highest BCUT2D eigenvalue weighted by Gasteiger charge is 2.35. The van der Waals surface area contributed by atoms with E-state index in [1.165, 1.54) is 6.42 Å². The molecule has 1 rings (SSSR count). The summed E-state index contributed by atoms with van der Waals surface area (Å²) in [6, 6.07) is 0. The van der Waals surface area contributed by atoms with E-state index in [2.05, 4.69) is 20.8 Å². The summed E-state index contributed by atoms with van der Waals surface area (Å²) < 4.78 is 13.3. The van der Waals surface area contributed by atoms with Crippen LogP contribution >= 0.6 is 0 Å². The molecule has 0 spiro atoms. The van der Waals surface area contributed by atoms with Crippen molar-refractivity contribution in [2.24, 2.45) is 11.3 Å². The fourth-order valence-corrected chi connectivity index (χ4v) is 2.10. The van der Waals surface area contributed by atoms with Crippen LogP contribution in [0.15, 0.2) is 0 Å². The van der Waals surface area contributed by atoms with E-state index in [0.717, 1.165) is 25.2 Å². The van der Waals surface area contributed by atoms with Gasteiger partial charge < -0.3 is 0 Å². The van der Waals surface area contributed by atoms with Crippen LogP contribution in [0.5, 0.6) is 0 Å². The minimum atomic E-state index is -0.565. The largest absolute Gasteiger partial charge is 0.247 e. The maximum Gasteiger partial charge on any atom is 0.105 e. The van der Waals surface area contributed by atoms with Crippen LogP contribution in [0.1, 0.15) is 46.5 Å². The van der Waals surface area contributed by atoms with Gasteiger partial charge in [0.15, 0.2) is 0 Å². The van der Waals surface area contributed by atoms with Crippen LogP contribution in [0.4, 0.5) is 4.39 Å². The molecule has 1 fully saturated rings. The van der Waals surface area contributed by atoms with E-state index in [0.29, 0.717) is 0 Å². The third-order valence-corrected chi connectivity index (χ3v) is 3.07. The number of hydrogen-bond acceptors (Lipinski definition) is 0. The molecule has 0 aromatic heterocycles. The van der Waals surface area contributed by atoms with Crippen molar-refractivity contribution < 1.29 is 4.39 Å². The lowest BCUT2D eigenvalue weighted by molar-refractivity contribution is 0.0569. The number of halogens is 1. The molecule has 1 heteroatoms. The lowest BCUT2D eigenvalue weighted by Crippen LogP contribution is -2.33. The predicted molar refractivity (Wildman–Crippen MR) is 46.3 cm³/mol. The van der Waals surface area contributed by atoms with Gasteiger partial charge in [-0.05, 0) is 30.6 Å². The maximum absolute atomic E-state index is 13.3. The number of alkyl halides is 1. The molecule has 0 radical (unpaired) electrons. The summed E-state index contributed by atoms with van der Waals surface area (Å²) in [4.78, 5) is 0. The summed E-state index contributed by atoms with van der Waals surface area (Å²) in [7, 11) is 0. The minimum Gasteiger partial charge on any atom is -0.247 e. The zero-order valence-electron chi connectivity index (χ0n) is 7.86. The van der Waals surface area contributed by atoms with Crippen molar-refractivity contribution in [1.82, 2.24) is 0 Å². The van der Waals surface area contributed by atoms with E-state index in [-0.39, 0.29) is 5.41 Å². The second-order valence-electron chi connectivity index (χ2n) is 4.51. The van der Waals surface area contributed by atoms with E-state index in [9.17, 15) is 4.39 Å². The molecule has 0 aromatic carbocycles. The molecule has 1 aliphatic rings. The molecule has 1 aliphatic carbocycles. The van der Waals surface area contributed by atoms with E-state index >= 15 is 0 Å². The molecule has 0 aromatic rings. The minimum absolute atomic E-state index is 0.0566. The van der Waals surface area contributed by atoms with Gasteiger partial charge in [0.1, 0.15) is 6.17 Å². The topological polar surface area (TPSA) is 0 Å². The Bertz CT molecular complexity index is 129. The quantitative estimate of drug-likeness (QED) is 0.547. The van der Waals surface area contributed by atoms with Gasteiger partial charge in [-0.3, -0.25) is 0 Å². The molecule has 2 unspecified atom stereocenters. The molecule has 0 heterocycles. The van der Waals surface area contributed by atoms with Crippen molar-refractivity contribution >= 4 is 0 Å². The third kappa shape index (κ3) is 1.94. The van der Waals surface area contributed by atoms with Crippen molar-refractivity contribution in [2.75, 3.05) is 0 Å². The lowest BCUT2D eigenvalue weighted by atomic mass is 9.70. The van der Waals surface area contributed by atoms with Crippen LogP contribution in [0.25, 0.3) is 0 Å². The van der Waals surface area contributed by atoms with Gasteiger partial charge in [0.05, 0.1) is 0 Å². The molecule has 0 aliphatic heterocycles. The highest BCUT2D eigenvalue weighted by molar-refractivity contribution is 4.86. The molecular weight excluding hydrogens is 139 g/mol. The average molecular weight is 158 g/mol. The fraction of sp³-hybridized carbons (Fsp3) is 1.00. The van der Waals surface area contributed by atoms with Gasteiger partial charge in [-0.1, -0.05) is 27.2 Å². The van der Waals surface area contributed by atoms with Crippen LogP contribution in [0, 0.1) is 11.3 Å². The Morgan fingerprint density at radius 1 is 1.36 bits per heavy atom.